The van der Waals surface area contributed by atoms with Crippen LogP contribution in [0.5, 0.6) is 0 Å². The summed E-state index contributed by atoms with van der Waals surface area (Å²) in [5.41, 5.74) is 2.23. The van der Waals surface area contributed by atoms with E-state index in [1.165, 1.54) is 140 Å². The highest BCUT2D eigenvalue weighted by Gasteiger charge is 2.59. The molecule has 1 aliphatic heterocycles. The second kappa shape index (κ2) is 32.4. The molecule has 3 saturated carbocycles. The van der Waals surface area contributed by atoms with Crippen LogP contribution in [0.2, 0.25) is 0 Å². The molecule has 69 heavy (non-hydrogen) atoms. The maximum atomic E-state index is 13.0. The zero-order valence-electron chi connectivity index (χ0n) is 45.4. The van der Waals surface area contributed by atoms with E-state index in [9.17, 15) is 9.59 Å². The Balaban J connectivity index is 0.880. The molecular formula is C60H105NO8. The molecule has 398 valence electrons. The summed E-state index contributed by atoms with van der Waals surface area (Å²) in [6, 6.07) is 0. The first kappa shape index (κ1) is 58.1. The molecule has 5 rings (SSSR count). The molecule has 4 aliphatic carbocycles. The average Bonchev–Trinajstić information content (AvgIpc) is 3.70. The van der Waals surface area contributed by atoms with Crippen LogP contribution in [0.15, 0.2) is 23.8 Å². The molecule has 0 amide bonds. The van der Waals surface area contributed by atoms with Crippen molar-refractivity contribution in [2.75, 3.05) is 72.5 Å². The number of nitrogens with zero attached hydrogens (tertiary/aromatic N) is 1. The van der Waals surface area contributed by atoms with E-state index in [1.807, 2.05) is 0 Å². The summed E-state index contributed by atoms with van der Waals surface area (Å²) in [5.74, 6) is 4.19. The molecule has 0 bridgehead atoms. The van der Waals surface area contributed by atoms with Crippen LogP contribution in [0.25, 0.3) is 0 Å². The van der Waals surface area contributed by atoms with Crippen molar-refractivity contribution in [2.24, 2.45) is 46.3 Å². The quantitative estimate of drug-likeness (QED) is 0.0346. The Bertz CT molecular complexity index is 1480. The molecule has 9 heteroatoms. The minimum atomic E-state index is -0.392. The Morgan fingerprint density at radius 2 is 1.43 bits per heavy atom. The van der Waals surface area contributed by atoms with E-state index in [2.05, 4.69) is 64.7 Å². The Hall–Kier alpha value is -1.78. The van der Waals surface area contributed by atoms with Gasteiger partial charge in [0.2, 0.25) is 0 Å². The Morgan fingerprint density at radius 3 is 2.17 bits per heavy atom. The van der Waals surface area contributed by atoms with Gasteiger partial charge in [0.25, 0.3) is 0 Å². The maximum Gasteiger partial charge on any atom is 0.306 e. The molecule has 5 aliphatic rings. The summed E-state index contributed by atoms with van der Waals surface area (Å²) in [4.78, 5) is 27.9. The number of fused-ring (bicyclic) bond motifs is 5. The molecule has 9 unspecified atom stereocenters. The van der Waals surface area contributed by atoms with Crippen LogP contribution in [-0.4, -0.2) is 102 Å². The molecular weight excluding hydrogens is 863 g/mol. The Labute approximate surface area is 423 Å². The summed E-state index contributed by atoms with van der Waals surface area (Å²) < 4.78 is 35.1. The van der Waals surface area contributed by atoms with E-state index in [-0.39, 0.29) is 49.6 Å². The molecule has 9 nitrogen and oxygen atoms in total. The lowest BCUT2D eigenvalue weighted by Crippen LogP contribution is -2.51. The van der Waals surface area contributed by atoms with Gasteiger partial charge >= 0.3 is 11.9 Å². The van der Waals surface area contributed by atoms with Crippen molar-refractivity contribution in [1.82, 2.24) is 4.90 Å². The summed E-state index contributed by atoms with van der Waals surface area (Å²) in [6.07, 6.45) is 39.2. The highest BCUT2D eigenvalue weighted by atomic mass is 16.6. The van der Waals surface area contributed by atoms with Crippen LogP contribution in [0, 0.1) is 46.3 Å². The van der Waals surface area contributed by atoms with Gasteiger partial charge in [0.15, 0.2) is 0 Å². The van der Waals surface area contributed by atoms with Crippen LogP contribution in [0.1, 0.15) is 215 Å². The van der Waals surface area contributed by atoms with Crippen LogP contribution >= 0.6 is 0 Å². The largest absolute Gasteiger partial charge is 0.463 e. The molecule has 0 aromatic heterocycles. The van der Waals surface area contributed by atoms with Gasteiger partial charge in [-0.25, -0.2) is 0 Å². The zero-order valence-corrected chi connectivity index (χ0v) is 45.4. The third kappa shape index (κ3) is 19.9. The first-order valence-electron chi connectivity index (χ1n) is 29.3. The number of morpholine rings is 1. The number of esters is 2. The highest BCUT2D eigenvalue weighted by Crippen LogP contribution is 2.67. The normalized spacial score (nSPS) is 28.0. The molecule has 4 fully saturated rings. The van der Waals surface area contributed by atoms with Gasteiger partial charge in [-0.1, -0.05) is 142 Å². The van der Waals surface area contributed by atoms with Gasteiger partial charge < -0.3 is 28.4 Å². The fourth-order valence-electron chi connectivity index (χ4n) is 13.8. The molecule has 0 aromatic carbocycles. The maximum absolute atomic E-state index is 13.0. The van der Waals surface area contributed by atoms with Gasteiger partial charge in [-0.15, -0.1) is 0 Å². The number of carbonyl (C=O) groups is 2. The van der Waals surface area contributed by atoms with Crippen LogP contribution in [0.3, 0.4) is 0 Å². The van der Waals surface area contributed by atoms with Crippen molar-refractivity contribution in [3.8, 4) is 0 Å². The fraction of sp³-hybridized carbons (Fsp3) is 0.900. The molecule has 0 aromatic rings. The predicted octanol–water partition coefficient (Wildman–Crippen LogP) is 14.1. The van der Waals surface area contributed by atoms with Crippen molar-refractivity contribution in [3.05, 3.63) is 23.8 Å². The van der Waals surface area contributed by atoms with E-state index in [1.54, 1.807) is 0 Å². The Morgan fingerprint density at radius 1 is 0.739 bits per heavy atom. The smallest absolute Gasteiger partial charge is 0.306 e. The van der Waals surface area contributed by atoms with E-state index in [0.29, 0.717) is 25.2 Å². The van der Waals surface area contributed by atoms with Gasteiger partial charge in [0.05, 0.1) is 58.6 Å². The molecule has 0 spiro atoms. The van der Waals surface area contributed by atoms with Crippen LogP contribution in [-0.2, 0) is 38.0 Å². The number of hydrogen-bond donors (Lipinski definition) is 0. The number of rotatable bonds is 36. The molecule has 1 heterocycles. The van der Waals surface area contributed by atoms with Gasteiger partial charge in [0.1, 0.15) is 12.7 Å². The first-order valence-corrected chi connectivity index (χ1v) is 29.3. The van der Waals surface area contributed by atoms with Gasteiger partial charge in [0, 0.05) is 32.7 Å². The third-order valence-corrected chi connectivity index (χ3v) is 17.8. The van der Waals surface area contributed by atoms with E-state index < -0.39 is 5.97 Å². The highest BCUT2D eigenvalue weighted by molar-refractivity contribution is 5.77. The number of unbranched alkanes of at least 4 members (excludes halogenated alkanes) is 12. The molecule has 9 atom stereocenters. The van der Waals surface area contributed by atoms with Crippen molar-refractivity contribution in [3.63, 3.8) is 0 Å². The van der Waals surface area contributed by atoms with Crippen molar-refractivity contribution >= 4 is 11.9 Å². The lowest BCUT2D eigenvalue weighted by molar-refractivity contribution is -0.156. The monoisotopic (exact) mass is 968 g/mol. The van der Waals surface area contributed by atoms with E-state index in [4.69, 9.17) is 28.4 Å². The first-order chi connectivity index (χ1) is 33.5. The predicted molar refractivity (Wildman–Crippen MR) is 281 cm³/mol. The van der Waals surface area contributed by atoms with Crippen LogP contribution in [0.4, 0.5) is 0 Å². The van der Waals surface area contributed by atoms with E-state index in [0.717, 1.165) is 101 Å². The lowest BCUT2D eigenvalue weighted by atomic mass is 9.47. The summed E-state index contributed by atoms with van der Waals surface area (Å²) >= 11 is 0. The second-order valence-corrected chi connectivity index (χ2v) is 23.4. The zero-order chi connectivity index (χ0) is 49.2. The van der Waals surface area contributed by atoms with E-state index >= 15 is 0 Å². The van der Waals surface area contributed by atoms with Crippen molar-refractivity contribution in [1.29, 1.82) is 0 Å². The SMILES string of the molecule is CCCCCCCCC=CCCCCCCCCOCC(CN1CCOCC1)OCCOCCOC(=O)CCC(=O)OC1CCC2(C)C(=CCC3C2CCC2(C)C(C(C)CCCC(C)C)CCC32)C1. The third-order valence-electron chi connectivity index (χ3n) is 17.8. The minimum absolute atomic E-state index is 0.0246. The van der Waals surface area contributed by atoms with Crippen molar-refractivity contribution in [2.45, 2.75) is 227 Å². The summed E-state index contributed by atoms with van der Waals surface area (Å²) in [7, 11) is 0. The number of allylic oxidation sites excluding steroid dienone is 3. The van der Waals surface area contributed by atoms with Gasteiger partial charge in [-0.05, 0) is 123 Å². The van der Waals surface area contributed by atoms with Crippen molar-refractivity contribution < 1.29 is 38.0 Å². The fourth-order valence-corrected chi connectivity index (χ4v) is 13.8. The minimum Gasteiger partial charge on any atom is -0.463 e. The number of ether oxygens (including phenoxy) is 6. The number of hydrogen-bond acceptors (Lipinski definition) is 9. The standard InChI is InChI=1S/C60H105NO8/c1-7-8-9-10-11-12-13-14-15-16-17-18-19-20-21-22-38-66-47-52(46-61-36-39-64-40-37-61)67-43-41-65-42-44-68-57(62)30-31-58(63)69-51-32-34-59(5)50(45-51)26-27-53-55-29-28-54(49(4)25-23-24-48(2)3)60(55,6)35-33-56(53)59/h14-15,26,48-49,51-56H,7-13,16-25,27-47H2,1-6H3. The molecule has 0 radical (unpaired) electrons. The second-order valence-electron chi connectivity index (χ2n) is 23.4. The molecule has 0 N–H and O–H groups in total. The topological polar surface area (TPSA) is 92.8 Å². The van der Waals surface area contributed by atoms with Crippen LogP contribution < -0.4 is 0 Å². The van der Waals surface area contributed by atoms with Gasteiger partial charge in [-0.2, -0.15) is 0 Å². The lowest BCUT2D eigenvalue weighted by Gasteiger charge is -2.58. The number of carbonyl (C=O) groups excluding carboxylic acids is 2. The average molecular weight is 968 g/mol. The van der Waals surface area contributed by atoms with Gasteiger partial charge in [-0.3, -0.25) is 14.5 Å². The summed E-state index contributed by atoms with van der Waals surface area (Å²) in [6.45, 7) is 21.5. The summed E-state index contributed by atoms with van der Waals surface area (Å²) in [5, 5.41) is 0. The Kier molecular flexibility index (Phi) is 27.3. The molecule has 1 saturated heterocycles.